The molecule has 0 unspecified atom stereocenters. The van der Waals surface area contributed by atoms with Crippen molar-refractivity contribution in [3.8, 4) is 0 Å². The molecule has 0 aliphatic carbocycles. The normalized spacial score (nSPS) is 26.6. The van der Waals surface area contributed by atoms with Crippen molar-refractivity contribution in [1.82, 2.24) is 14.9 Å². The number of rotatable bonds is 2. The molecule has 0 amide bonds. The van der Waals surface area contributed by atoms with Gasteiger partial charge in [0.15, 0.2) is 0 Å². The Morgan fingerprint density at radius 2 is 2.15 bits per heavy atom. The van der Waals surface area contributed by atoms with Gasteiger partial charge in [-0.3, -0.25) is 10.1 Å². The zero-order valence-electron chi connectivity index (χ0n) is 11.4. The smallest absolute Gasteiger partial charge is 0.329 e. The van der Waals surface area contributed by atoms with Crippen molar-refractivity contribution < 1.29 is 4.92 Å². The van der Waals surface area contributed by atoms with E-state index in [0.29, 0.717) is 18.0 Å². The van der Waals surface area contributed by atoms with Gasteiger partial charge in [-0.15, -0.1) is 0 Å². The number of anilines is 2. The molecule has 2 atom stereocenters. The average Bonchev–Trinajstić information content (AvgIpc) is 2.69. The summed E-state index contributed by atoms with van der Waals surface area (Å²) in [5, 5.41) is 10.8. The lowest BCUT2D eigenvalue weighted by Crippen LogP contribution is -2.39. The van der Waals surface area contributed by atoms with Crippen molar-refractivity contribution >= 4 is 17.5 Å². The molecule has 0 radical (unpaired) electrons. The lowest BCUT2D eigenvalue weighted by atomic mass is 10.1. The summed E-state index contributed by atoms with van der Waals surface area (Å²) in [6.07, 6.45) is 4.51. The minimum Gasteiger partial charge on any atom is -0.378 e. The minimum absolute atomic E-state index is 0.0583. The van der Waals surface area contributed by atoms with E-state index in [1.165, 1.54) is 6.20 Å². The molecule has 3 heterocycles. The van der Waals surface area contributed by atoms with E-state index in [-0.39, 0.29) is 11.5 Å². The first kappa shape index (κ1) is 13.0. The van der Waals surface area contributed by atoms with Crippen LogP contribution in [0.5, 0.6) is 0 Å². The monoisotopic (exact) mass is 278 g/mol. The third-order valence-electron chi connectivity index (χ3n) is 4.20. The largest absolute Gasteiger partial charge is 0.378 e. The Labute approximate surface area is 116 Å². The highest BCUT2D eigenvalue weighted by Crippen LogP contribution is 2.33. The van der Waals surface area contributed by atoms with Gasteiger partial charge in [0, 0.05) is 18.6 Å². The number of nitrogens with two attached hydrogens (primary N) is 1. The van der Waals surface area contributed by atoms with Crippen LogP contribution >= 0.6 is 0 Å². The highest BCUT2D eigenvalue weighted by Gasteiger charge is 2.38. The third-order valence-corrected chi connectivity index (χ3v) is 4.20. The molecule has 0 spiro atoms. The number of nitrogen functional groups attached to an aromatic ring is 1. The number of fused-ring (bicyclic) bond motifs is 2. The van der Waals surface area contributed by atoms with Gasteiger partial charge in [-0.1, -0.05) is 0 Å². The molecule has 108 valence electrons. The lowest BCUT2D eigenvalue weighted by Gasteiger charge is -2.28. The second-order valence-corrected chi connectivity index (χ2v) is 5.54. The van der Waals surface area contributed by atoms with Crippen molar-refractivity contribution in [3.63, 3.8) is 0 Å². The van der Waals surface area contributed by atoms with E-state index in [4.69, 9.17) is 5.73 Å². The zero-order chi connectivity index (χ0) is 14.3. The van der Waals surface area contributed by atoms with E-state index >= 15 is 0 Å². The van der Waals surface area contributed by atoms with E-state index in [1.807, 2.05) is 0 Å². The van der Waals surface area contributed by atoms with E-state index in [1.54, 1.807) is 0 Å². The summed E-state index contributed by atoms with van der Waals surface area (Å²) in [6, 6.07) is 0.777. The second-order valence-electron chi connectivity index (χ2n) is 5.54. The molecule has 2 fully saturated rings. The Hall–Kier alpha value is -1.96. The van der Waals surface area contributed by atoms with Gasteiger partial charge in [0.1, 0.15) is 6.20 Å². The Morgan fingerprint density at radius 1 is 1.40 bits per heavy atom. The van der Waals surface area contributed by atoms with Crippen LogP contribution in [0, 0.1) is 10.1 Å². The van der Waals surface area contributed by atoms with E-state index in [0.717, 1.165) is 32.4 Å². The molecular weight excluding hydrogens is 260 g/mol. The SMILES string of the molecule is CN1CC[C@@H]2CC[C@H](C1)N2c1ncc([N+](=O)[O-])c(N)n1. The van der Waals surface area contributed by atoms with Crippen LogP contribution in [-0.4, -0.2) is 52.0 Å². The molecule has 8 heteroatoms. The van der Waals surface area contributed by atoms with Gasteiger partial charge in [0.2, 0.25) is 11.8 Å². The molecule has 3 rings (SSSR count). The number of hydrogen-bond acceptors (Lipinski definition) is 7. The average molecular weight is 278 g/mol. The molecule has 2 aliphatic rings. The standard InChI is InChI=1S/C12H18N6O2/c1-16-5-4-8-2-3-9(7-16)17(8)12-14-6-10(18(19)20)11(13)15-12/h6,8-9H,2-5,7H2,1H3,(H2,13,14,15)/t8-,9+/m0/s1. The van der Waals surface area contributed by atoms with E-state index in [2.05, 4.69) is 26.8 Å². The number of likely N-dealkylation sites (tertiary alicyclic amines) is 1. The van der Waals surface area contributed by atoms with Crippen LogP contribution in [-0.2, 0) is 0 Å². The maximum atomic E-state index is 10.8. The molecule has 1 aromatic heterocycles. The first-order valence-electron chi connectivity index (χ1n) is 6.80. The molecule has 1 aromatic rings. The fraction of sp³-hybridized carbons (Fsp3) is 0.667. The topological polar surface area (TPSA) is 101 Å². The van der Waals surface area contributed by atoms with E-state index in [9.17, 15) is 10.1 Å². The van der Waals surface area contributed by atoms with Crippen molar-refractivity contribution in [2.45, 2.75) is 31.3 Å². The Morgan fingerprint density at radius 3 is 2.85 bits per heavy atom. The van der Waals surface area contributed by atoms with Crippen molar-refractivity contribution in [2.24, 2.45) is 0 Å². The summed E-state index contributed by atoms with van der Waals surface area (Å²) < 4.78 is 0. The van der Waals surface area contributed by atoms with E-state index < -0.39 is 4.92 Å². The van der Waals surface area contributed by atoms with Gasteiger partial charge >= 0.3 is 5.69 Å². The third kappa shape index (κ3) is 2.15. The van der Waals surface area contributed by atoms with Crippen molar-refractivity contribution in [3.05, 3.63) is 16.3 Å². The summed E-state index contributed by atoms with van der Waals surface area (Å²) >= 11 is 0. The number of nitro groups is 1. The van der Waals surface area contributed by atoms with Gasteiger partial charge < -0.3 is 15.5 Å². The fourth-order valence-electron chi connectivity index (χ4n) is 3.21. The van der Waals surface area contributed by atoms with Crippen molar-refractivity contribution in [2.75, 3.05) is 30.8 Å². The van der Waals surface area contributed by atoms with Gasteiger partial charge in [-0.2, -0.15) is 4.98 Å². The first-order chi connectivity index (χ1) is 9.56. The van der Waals surface area contributed by atoms with Gasteiger partial charge in [0.25, 0.3) is 0 Å². The maximum absolute atomic E-state index is 10.8. The number of likely N-dealkylation sites (N-methyl/N-ethyl adjacent to an activating group) is 1. The summed E-state index contributed by atoms with van der Waals surface area (Å²) in [4.78, 5) is 23.1. The van der Waals surface area contributed by atoms with Gasteiger partial charge in [-0.25, -0.2) is 4.98 Å². The fourth-order valence-corrected chi connectivity index (χ4v) is 3.21. The van der Waals surface area contributed by atoms with Crippen LogP contribution in [0.25, 0.3) is 0 Å². The molecule has 2 bridgehead atoms. The first-order valence-corrected chi connectivity index (χ1v) is 6.80. The minimum atomic E-state index is -0.552. The van der Waals surface area contributed by atoms with Gasteiger partial charge in [0.05, 0.1) is 4.92 Å². The molecule has 2 saturated heterocycles. The number of aromatic nitrogens is 2. The summed E-state index contributed by atoms with van der Waals surface area (Å²) in [5.74, 6) is 0.466. The Kier molecular flexibility index (Phi) is 3.17. The zero-order valence-corrected chi connectivity index (χ0v) is 11.4. The molecular formula is C12H18N6O2. The van der Waals surface area contributed by atoms with Crippen LogP contribution in [0.15, 0.2) is 6.20 Å². The molecule has 8 nitrogen and oxygen atoms in total. The van der Waals surface area contributed by atoms with Gasteiger partial charge in [-0.05, 0) is 32.9 Å². The summed E-state index contributed by atoms with van der Waals surface area (Å²) in [7, 11) is 2.12. The van der Waals surface area contributed by atoms with Crippen LogP contribution in [0.4, 0.5) is 17.5 Å². The quantitative estimate of drug-likeness (QED) is 0.625. The van der Waals surface area contributed by atoms with Crippen molar-refractivity contribution in [1.29, 1.82) is 0 Å². The Balaban J connectivity index is 1.92. The maximum Gasteiger partial charge on any atom is 0.329 e. The van der Waals surface area contributed by atoms with Crippen LogP contribution in [0.1, 0.15) is 19.3 Å². The molecule has 0 saturated carbocycles. The van der Waals surface area contributed by atoms with Crippen LogP contribution in [0.2, 0.25) is 0 Å². The number of nitrogens with zero attached hydrogens (tertiary/aromatic N) is 5. The van der Waals surface area contributed by atoms with Crippen LogP contribution < -0.4 is 10.6 Å². The van der Waals surface area contributed by atoms with Crippen LogP contribution in [0.3, 0.4) is 0 Å². The highest BCUT2D eigenvalue weighted by molar-refractivity contribution is 5.54. The summed E-state index contributed by atoms with van der Waals surface area (Å²) in [6.45, 7) is 2.02. The molecule has 20 heavy (non-hydrogen) atoms. The molecule has 2 aliphatic heterocycles. The molecule has 2 N–H and O–H groups in total. The highest BCUT2D eigenvalue weighted by atomic mass is 16.6. The predicted molar refractivity (Wildman–Crippen MR) is 74.5 cm³/mol. The molecule has 0 aromatic carbocycles. The predicted octanol–water partition coefficient (Wildman–Crippen LogP) is 0.640. The Bertz CT molecular complexity index is 537. The second kappa shape index (κ2) is 4.86. The number of hydrogen-bond donors (Lipinski definition) is 1. The summed E-state index contributed by atoms with van der Waals surface area (Å²) in [5.41, 5.74) is 5.45. The lowest BCUT2D eigenvalue weighted by molar-refractivity contribution is -0.384.